The third-order valence-corrected chi connectivity index (χ3v) is 3.38. The Balaban J connectivity index is 2.27. The van der Waals surface area contributed by atoms with E-state index < -0.39 is 5.97 Å². The fourth-order valence-corrected chi connectivity index (χ4v) is 1.97. The maximum Gasteiger partial charge on any atom is 0.306 e. The Morgan fingerprint density at radius 1 is 1.50 bits per heavy atom. The first-order valence-corrected chi connectivity index (χ1v) is 5.80. The minimum Gasteiger partial charge on any atom is -0.481 e. The Labute approximate surface area is 97.6 Å². The molecule has 0 spiro atoms. The van der Waals surface area contributed by atoms with Crippen molar-refractivity contribution in [2.24, 2.45) is 11.3 Å². The number of rotatable bonds is 5. The molecule has 0 amide bonds. The molecule has 0 aromatic carbocycles. The molecule has 0 aromatic heterocycles. The molecule has 1 unspecified atom stereocenters. The van der Waals surface area contributed by atoms with Crippen LogP contribution in [0.1, 0.15) is 27.2 Å². The highest BCUT2D eigenvalue weighted by atomic mass is 16.5. The summed E-state index contributed by atoms with van der Waals surface area (Å²) in [6.07, 6.45) is -0.0916. The number of methoxy groups -OCH3 is 1. The first-order valence-electron chi connectivity index (χ1n) is 5.80. The molecular weight excluding hydrogens is 206 g/mol. The van der Waals surface area contributed by atoms with Crippen LogP contribution in [0.25, 0.3) is 0 Å². The Morgan fingerprint density at radius 2 is 2.06 bits per heavy atom. The van der Waals surface area contributed by atoms with E-state index in [0.29, 0.717) is 5.41 Å². The highest BCUT2D eigenvalue weighted by molar-refractivity contribution is 5.67. The summed E-state index contributed by atoms with van der Waals surface area (Å²) in [5.74, 6) is -0.0745. The van der Waals surface area contributed by atoms with Crippen LogP contribution in [0, 0.1) is 11.3 Å². The van der Waals surface area contributed by atoms with Crippen molar-refractivity contribution >= 4 is 5.97 Å². The molecule has 0 radical (unpaired) electrons. The lowest BCUT2D eigenvalue weighted by atomic mass is 9.76. The number of nitrogens with zero attached hydrogens (tertiary/aromatic N) is 1. The largest absolute Gasteiger partial charge is 0.481 e. The van der Waals surface area contributed by atoms with Gasteiger partial charge in [0.25, 0.3) is 0 Å². The molecule has 4 heteroatoms. The second-order valence-electron chi connectivity index (χ2n) is 5.74. The first-order chi connectivity index (χ1) is 7.32. The monoisotopic (exact) mass is 229 g/mol. The molecule has 0 bridgehead atoms. The molecule has 1 aliphatic heterocycles. The van der Waals surface area contributed by atoms with E-state index in [0.717, 1.165) is 25.6 Å². The topological polar surface area (TPSA) is 49.8 Å². The Kier molecular flexibility index (Phi) is 4.33. The zero-order valence-corrected chi connectivity index (χ0v) is 10.7. The molecule has 94 valence electrons. The lowest BCUT2D eigenvalue weighted by Gasteiger charge is -2.47. The van der Waals surface area contributed by atoms with Gasteiger partial charge in [-0.15, -0.1) is 0 Å². The van der Waals surface area contributed by atoms with Crippen LogP contribution in [0.15, 0.2) is 0 Å². The lowest BCUT2D eigenvalue weighted by Crippen LogP contribution is -2.54. The second kappa shape index (κ2) is 5.15. The van der Waals surface area contributed by atoms with Gasteiger partial charge in [-0.1, -0.05) is 20.8 Å². The predicted molar refractivity (Wildman–Crippen MR) is 62.4 cm³/mol. The smallest absolute Gasteiger partial charge is 0.306 e. The van der Waals surface area contributed by atoms with Crippen molar-refractivity contribution in [1.82, 2.24) is 4.90 Å². The van der Waals surface area contributed by atoms with E-state index in [1.807, 2.05) is 0 Å². The molecule has 4 nitrogen and oxygen atoms in total. The van der Waals surface area contributed by atoms with Gasteiger partial charge in [0.15, 0.2) is 0 Å². The van der Waals surface area contributed by atoms with E-state index in [-0.39, 0.29) is 12.5 Å². The van der Waals surface area contributed by atoms with E-state index >= 15 is 0 Å². The van der Waals surface area contributed by atoms with Crippen molar-refractivity contribution in [2.75, 3.05) is 26.7 Å². The first kappa shape index (κ1) is 13.5. The number of likely N-dealkylation sites (tertiary alicyclic amines) is 1. The van der Waals surface area contributed by atoms with Crippen LogP contribution in [0.5, 0.6) is 0 Å². The van der Waals surface area contributed by atoms with Crippen molar-refractivity contribution in [3.05, 3.63) is 0 Å². The standard InChI is InChI=1S/C12H23NO3/c1-12(2,3)9-6-13(7-9)8-10(16-4)5-11(14)15/h9-10H,5-8H2,1-4H3,(H,14,15). The number of carboxylic acids is 1. The van der Waals surface area contributed by atoms with Crippen molar-refractivity contribution in [3.8, 4) is 0 Å². The summed E-state index contributed by atoms with van der Waals surface area (Å²) in [4.78, 5) is 12.9. The van der Waals surface area contributed by atoms with Crippen molar-refractivity contribution < 1.29 is 14.6 Å². The highest BCUT2D eigenvalue weighted by Crippen LogP contribution is 2.33. The minimum absolute atomic E-state index is 0.0905. The summed E-state index contributed by atoms with van der Waals surface area (Å²) >= 11 is 0. The molecule has 1 saturated heterocycles. The number of hydrogen-bond acceptors (Lipinski definition) is 3. The van der Waals surface area contributed by atoms with Gasteiger partial charge < -0.3 is 14.7 Å². The van der Waals surface area contributed by atoms with Crippen LogP contribution < -0.4 is 0 Å². The molecule has 0 aliphatic carbocycles. The van der Waals surface area contributed by atoms with Crippen LogP contribution >= 0.6 is 0 Å². The number of carbonyl (C=O) groups is 1. The molecule has 1 atom stereocenters. The normalized spacial score (nSPS) is 20.5. The fraction of sp³-hybridized carbons (Fsp3) is 0.917. The van der Waals surface area contributed by atoms with Gasteiger partial charge in [0.2, 0.25) is 0 Å². The number of ether oxygens (including phenoxy) is 1. The van der Waals surface area contributed by atoms with Gasteiger partial charge in [-0.25, -0.2) is 0 Å². The minimum atomic E-state index is -0.792. The van der Waals surface area contributed by atoms with Crippen LogP contribution in [0.3, 0.4) is 0 Å². The van der Waals surface area contributed by atoms with E-state index in [1.165, 1.54) is 0 Å². The van der Waals surface area contributed by atoms with Gasteiger partial charge in [-0.2, -0.15) is 0 Å². The molecule has 1 rings (SSSR count). The third kappa shape index (κ3) is 3.76. The van der Waals surface area contributed by atoms with Crippen molar-refractivity contribution in [2.45, 2.75) is 33.3 Å². The Morgan fingerprint density at radius 3 is 2.44 bits per heavy atom. The summed E-state index contributed by atoms with van der Waals surface area (Å²) in [6, 6.07) is 0. The van der Waals surface area contributed by atoms with Gasteiger partial charge in [0.05, 0.1) is 12.5 Å². The maximum absolute atomic E-state index is 10.6. The summed E-state index contributed by atoms with van der Waals surface area (Å²) in [7, 11) is 1.58. The average Bonchev–Trinajstić information content (AvgIpc) is 2.05. The van der Waals surface area contributed by atoms with Crippen LogP contribution in [-0.2, 0) is 9.53 Å². The summed E-state index contributed by atoms with van der Waals surface area (Å²) < 4.78 is 5.17. The quantitative estimate of drug-likeness (QED) is 0.775. The van der Waals surface area contributed by atoms with E-state index in [9.17, 15) is 4.79 Å². The fourth-order valence-electron chi connectivity index (χ4n) is 1.97. The van der Waals surface area contributed by atoms with Gasteiger partial charge in [-0.05, 0) is 11.3 Å². The maximum atomic E-state index is 10.6. The molecular formula is C12H23NO3. The van der Waals surface area contributed by atoms with Crippen molar-refractivity contribution in [1.29, 1.82) is 0 Å². The SMILES string of the molecule is COC(CC(=O)O)CN1CC(C(C)(C)C)C1. The lowest BCUT2D eigenvalue weighted by molar-refractivity contribution is -0.140. The molecule has 1 heterocycles. The van der Waals surface area contributed by atoms with E-state index in [4.69, 9.17) is 9.84 Å². The molecule has 1 fully saturated rings. The van der Waals surface area contributed by atoms with Gasteiger partial charge in [0.1, 0.15) is 0 Å². The van der Waals surface area contributed by atoms with Gasteiger partial charge in [0, 0.05) is 26.7 Å². The van der Waals surface area contributed by atoms with Crippen LogP contribution in [0.2, 0.25) is 0 Å². The second-order valence-corrected chi connectivity index (χ2v) is 5.74. The summed E-state index contributed by atoms with van der Waals surface area (Å²) in [5, 5.41) is 8.70. The molecule has 16 heavy (non-hydrogen) atoms. The number of hydrogen-bond donors (Lipinski definition) is 1. The average molecular weight is 229 g/mol. The third-order valence-electron chi connectivity index (χ3n) is 3.38. The van der Waals surface area contributed by atoms with Crippen LogP contribution in [-0.4, -0.2) is 48.8 Å². The van der Waals surface area contributed by atoms with E-state index in [2.05, 4.69) is 25.7 Å². The van der Waals surface area contributed by atoms with Gasteiger partial charge in [-0.3, -0.25) is 4.79 Å². The van der Waals surface area contributed by atoms with Crippen LogP contribution in [0.4, 0.5) is 0 Å². The molecule has 0 saturated carbocycles. The van der Waals surface area contributed by atoms with Gasteiger partial charge >= 0.3 is 5.97 Å². The molecule has 1 N–H and O–H groups in total. The molecule has 0 aromatic rings. The summed E-state index contributed by atoms with van der Waals surface area (Å²) in [5.41, 5.74) is 0.353. The predicted octanol–water partition coefficient (Wildman–Crippen LogP) is 1.45. The number of carboxylic acid groups (broad SMARTS) is 1. The van der Waals surface area contributed by atoms with Crippen molar-refractivity contribution in [3.63, 3.8) is 0 Å². The Bertz CT molecular complexity index is 241. The molecule has 1 aliphatic rings. The number of aliphatic carboxylic acids is 1. The summed E-state index contributed by atoms with van der Waals surface area (Å²) in [6.45, 7) is 9.60. The van der Waals surface area contributed by atoms with E-state index in [1.54, 1.807) is 7.11 Å². The zero-order valence-electron chi connectivity index (χ0n) is 10.7. The zero-order chi connectivity index (χ0) is 12.3. The Hall–Kier alpha value is -0.610. The highest BCUT2D eigenvalue weighted by Gasteiger charge is 2.36.